The molecule has 2 atom stereocenters. The molecule has 0 saturated carbocycles. The lowest BCUT2D eigenvalue weighted by molar-refractivity contribution is 0.230. The second-order valence-corrected chi connectivity index (χ2v) is 9.62. The third kappa shape index (κ3) is 3.63. The Bertz CT molecular complexity index is 1520. The molecule has 2 aromatic carbocycles. The number of halogens is 1. The second-order valence-electron chi connectivity index (χ2n) is 9.62. The Balaban J connectivity index is 1.24. The van der Waals surface area contributed by atoms with E-state index in [-0.39, 0.29) is 5.82 Å². The van der Waals surface area contributed by atoms with Gasteiger partial charge < -0.3 is 4.90 Å². The van der Waals surface area contributed by atoms with Crippen LogP contribution in [0.25, 0.3) is 28.2 Å². The average Bonchev–Trinajstić information content (AvgIpc) is 3.62. The molecule has 3 aromatic heterocycles. The normalized spacial score (nSPS) is 19.4. The van der Waals surface area contributed by atoms with E-state index in [1.54, 1.807) is 24.5 Å². The van der Waals surface area contributed by atoms with E-state index in [1.165, 1.54) is 17.7 Å². The summed E-state index contributed by atoms with van der Waals surface area (Å²) in [6, 6.07) is 26.2. The van der Waals surface area contributed by atoms with Gasteiger partial charge in [-0.1, -0.05) is 30.3 Å². The fourth-order valence-corrected chi connectivity index (χ4v) is 5.70. The minimum Gasteiger partial charge on any atom is -0.349 e. The maximum absolute atomic E-state index is 13.6. The van der Waals surface area contributed by atoms with Gasteiger partial charge in [0.1, 0.15) is 17.3 Å². The van der Waals surface area contributed by atoms with Crippen LogP contribution in [-0.4, -0.2) is 49.7 Å². The number of rotatable bonds is 5. The first-order chi connectivity index (χ1) is 17.7. The quantitative estimate of drug-likeness (QED) is 0.355. The summed E-state index contributed by atoms with van der Waals surface area (Å²) in [5, 5.41) is 5.09. The number of likely N-dealkylation sites (tertiary alicyclic amines) is 1. The highest BCUT2D eigenvalue weighted by Crippen LogP contribution is 2.36. The summed E-state index contributed by atoms with van der Waals surface area (Å²) >= 11 is 0. The van der Waals surface area contributed by atoms with Gasteiger partial charge in [0.05, 0.1) is 5.69 Å². The molecular formula is C29H25FN6. The molecule has 2 aliphatic rings. The van der Waals surface area contributed by atoms with Crippen LogP contribution in [0, 0.1) is 5.82 Å². The summed E-state index contributed by atoms with van der Waals surface area (Å²) in [4.78, 5) is 14.1. The third-order valence-corrected chi connectivity index (χ3v) is 7.41. The first-order valence-electron chi connectivity index (χ1n) is 12.3. The molecule has 2 fully saturated rings. The zero-order valence-electron chi connectivity index (χ0n) is 19.7. The molecular weight excluding hydrogens is 451 g/mol. The van der Waals surface area contributed by atoms with Gasteiger partial charge in [-0.05, 0) is 60.5 Å². The Labute approximate surface area is 208 Å². The van der Waals surface area contributed by atoms with Crippen LogP contribution in [0.2, 0.25) is 0 Å². The Hall–Kier alpha value is -4.10. The standard InChI is InChI=1S/C29H25FN6/c30-23-8-6-21(7-9-23)28-29(22-12-14-31-15-13-22)36-26(32-28)10-11-27(33-36)35-19-24-16-25(35)18-34(24)17-20-4-2-1-3-5-20/h1-15,24-25H,16-19H2. The predicted molar refractivity (Wildman–Crippen MR) is 138 cm³/mol. The number of anilines is 1. The zero-order chi connectivity index (χ0) is 24.1. The number of piperazine rings is 1. The van der Waals surface area contributed by atoms with Gasteiger partial charge in [0.15, 0.2) is 5.65 Å². The minimum absolute atomic E-state index is 0.265. The van der Waals surface area contributed by atoms with Crippen molar-refractivity contribution in [1.29, 1.82) is 0 Å². The van der Waals surface area contributed by atoms with Crippen molar-refractivity contribution in [2.75, 3.05) is 18.0 Å². The molecule has 5 aromatic rings. The van der Waals surface area contributed by atoms with E-state index in [0.29, 0.717) is 12.1 Å². The van der Waals surface area contributed by atoms with Gasteiger partial charge in [-0.15, -0.1) is 5.10 Å². The molecule has 0 radical (unpaired) electrons. The maximum atomic E-state index is 13.6. The van der Waals surface area contributed by atoms with Crippen molar-refractivity contribution in [3.63, 3.8) is 0 Å². The van der Waals surface area contributed by atoms with Crippen LogP contribution in [-0.2, 0) is 6.54 Å². The van der Waals surface area contributed by atoms with E-state index >= 15 is 0 Å². The van der Waals surface area contributed by atoms with E-state index in [4.69, 9.17) is 10.1 Å². The largest absolute Gasteiger partial charge is 0.349 e. The van der Waals surface area contributed by atoms with Crippen molar-refractivity contribution in [2.45, 2.75) is 25.0 Å². The summed E-state index contributed by atoms with van der Waals surface area (Å²) < 4.78 is 15.6. The van der Waals surface area contributed by atoms with Gasteiger partial charge >= 0.3 is 0 Å². The van der Waals surface area contributed by atoms with Gasteiger partial charge in [-0.25, -0.2) is 13.9 Å². The van der Waals surface area contributed by atoms with Crippen LogP contribution in [0.4, 0.5) is 10.2 Å². The molecule has 36 heavy (non-hydrogen) atoms. The number of hydrogen-bond donors (Lipinski definition) is 0. The van der Waals surface area contributed by atoms with Crippen LogP contribution in [0.3, 0.4) is 0 Å². The third-order valence-electron chi connectivity index (χ3n) is 7.41. The highest BCUT2D eigenvalue weighted by molar-refractivity contribution is 5.81. The van der Waals surface area contributed by atoms with Crippen molar-refractivity contribution in [3.8, 4) is 22.5 Å². The molecule has 2 bridgehead atoms. The lowest BCUT2D eigenvalue weighted by atomic mass is 10.1. The fourth-order valence-electron chi connectivity index (χ4n) is 5.70. The second kappa shape index (κ2) is 8.53. The van der Waals surface area contributed by atoms with Crippen LogP contribution < -0.4 is 4.90 Å². The summed E-state index contributed by atoms with van der Waals surface area (Å²) in [6.45, 7) is 3.01. The number of pyridine rings is 1. The number of fused-ring (bicyclic) bond motifs is 3. The molecule has 2 aliphatic heterocycles. The average molecular weight is 477 g/mol. The topological polar surface area (TPSA) is 49.6 Å². The van der Waals surface area contributed by atoms with Crippen molar-refractivity contribution < 1.29 is 4.39 Å². The highest BCUT2D eigenvalue weighted by Gasteiger charge is 2.43. The van der Waals surface area contributed by atoms with Crippen LogP contribution in [0.15, 0.2) is 91.3 Å². The van der Waals surface area contributed by atoms with Crippen LogP contribution in [0.1, 0.15) is 12.0 Å². The minimum atomic E-state index is -0.265. The van der Waals surface area contributed by atoms with E-state index in [1.807, 2.05) is 22.7 Å². The first-order valence-corrected chi connectivity index (χ1v) is 12.3. The Morgan fingerprint density at radius 3 is 2.36 bits per heavy atom. The molecule has 6 nitrogen and oxygen atoms in total. The summed E-state index contributed by atoms with van der Waals surface area (Å²) in [5.74, 6) is 0.700. The Morgan fingerprint density at radius 1 is 0.806 bits per heavy atom. The van der Waals surface area contributed by atoms with Crippen molar-refractivity contribution >= 4 is 11.5 Å². The number of hydrogen-bond acceptors (Lipinski definition) is 5. The molecule has 2 saturated heterocycles. The van der Waals surface area contributed by atoms with Gasteiger partial charge in [0, 0.05) is 55.2 Å². The van der Waals surface area contributed by atoms with Gasteiger partial charge in [-0.3, -0.25) is 9.88 Å². The predicted octanol–water partition coefficient (Wildman–Crippen LogP) is 5.06. The number of imidazole rings is 1. The summed E-state index contributed by atoms with van der Waals surface area (Å²) in [7, 11) is 0. The van der Waals surface area contributed by atoms with E-state index in [2.05, 4.69) is 51.2 Å². The smallest absolute Gasteiger partial charge is 0.155 e. The lowest BCUT2D eigenvalue weighted by Crippen LogP contribution is -2.46. The highest BCUT2D eigenvalue weighted by atomic mass is 19.1. The monoisotopic (exact) mass is 476 g/mol. The lowest BCUT2D eigenvalue weighted by Gasteiger charge is -2.34. The molecule has 5 heterocycles. The van der Waals surface area contributed by atoms with Gasteiger partial charge in [0.2, 0.25) is 0 Å². The maximum Gasteiger partial charge on any atom is 0.155 e. The van der Waals surface area contributed by atoms with Crippen molar-refractivity contribution in [3.05, 3.63) is 103 Å². The molecule has 7 rings (SSSR count). The Morgan fingerprint density at radius 2 is 1.61 bits per heavy atom. The zero-order valence-corrected chi connectivity index (χ0v) is 19.7. The molecule has 2 unspecified atom stereocenters. The van der Waals surface area contributed by atoms with E-state index < -0.39 is 0 Å². The number of nitrogens with zero attached hydrogens (tertiary/aromatic N) is 6. The molecule has 178 valence electrons. The number of benzene rings is 2. The van der Waals surface area contributed by atoms with Gasteiger partial charge in [0.25, 0.3) is 0 Å². The SMILES string of the molecule is Fc1ccc(-c2nc3ccc(N4CC5CC4CN5Cc4ccccc4)nn3c2-c2ccncc2)cc1. The Kier molecular flexibility index (Phi) is 5.03. The molecule has 0 aliphatic carbocycles. The van der Waals surface area contributed by atoms with E-state index in [9.17, 15) is 4.39 Å². The van der Waals surface area contributed by atoms with Crippen LogP contribution in [0.5, 0.6) is 0 Å². The molecule has 0 spiro atoms. The van der Waals surface area contributed by atoms with Gasteiger partial charge in [-0.2, -0.15) is 0 Å². The summed E-state index contributed by atoms with van der Waals surface area (Å²) in [5.41, 5.74) is 5.62. The molecule has 7 heteroatoms. The van der Waals surface area contributed by atoms with Crippen molar-refractivity contribution in [1.82, 2.24) is 24.5 Å². The summed E-state index contributed by atoms with van der Waals surface area (Å²) in [6.07, 6.45) is 4.70. The molecule has 0 amide bonds. The van der Waals surface area contributed by atoms with Crippen molar-refractivity contribution in [2.24, 2.45) is 0 Å². The molecule has 0 N–H and O–H groups in total. The fraction of sp³-hybridized carbons (Fsp3) is 0.207. The number of aromatic nitrogens is 4. The van der Waals surface area contributed by atoms with E-state index in [0.717, 1.165) is 60.0 Å². The van der Waals surface area contributed by atoms with Crippen LogP contribution >= 0.6 is 0 Å². The first kappa shape index (κ1) is 21.2.